The molecule has 1 aliphatic heterocycles. The van der Waals surface area contributed by atoms with Gasteiger partial charge in [0.05, 0.1) is 26.4 Å². The number of methoxy groups -OCH3 is 2. The van der Waals surface area contributed by atoms with Crippen LogP contribution < -0.4 is 15.2 Å². The summed E-state index contributed by atoms with van der Waals surface area (Å²) < 4.78 is 40.4. The molecule has 2 heterocycles. The van der Waals surface area contributed by atoms with Gasteiger partial charge in [-0.15, -0.1) is 0 Å². The maximum atomic E-state index is 14.6. The van der Waals surface area contributed by atoms with Gasteiger partial charge in [-0.25, -0.2) is 8.78 Å². The molecule has 0 bridgehead atoms. The molecule has 1 aromatic heterocycles. The summed E-state index contributed by atoms with van der Waals surface area (Å²) in [5.74, 6) is -2.75. The SMILES string of the molecule is COCC(CO)n1cccc(N2C(=O)CC(c3c(F)cc(OC)cc3F)C2C)c1=O. The van der Waals surface area contributed by atoms with E-state index in [9.17, 15) is 23.5 Å². The van der Waals surface area contributed by atoms with Gasteiger partial charge in [0, 0.05) is 49.4 Å². The Morgan fingerprint density at radius 2 is 1.90 bits per heavy atom. The second kappa shape index (κ2) is 8.93. The molecule has 1 aromatic carbocycles. The van der Waals surface area contributed by atoms with Crippen LogP contribution in [0.1, 0.15) is 30.9 Å². The molecule has 7 nitrogen and oxygen atoms in total. The van der Waals surface area contributed by atoms with Gasteiger partial charge >= 0.3 is 0 Å². The Kier molecular flexibility index (Phi) is 6.52. The summed E-state index contributed by atoms with van der Waals surface area (Å²) in [5.41, 5.74) is -0.616. The second-order valence-electron chi connectivity index (χ2n) is 7.22. The minimum Gasteiger partial charge on any atom is -0.497 e. The highest BCUT2D eigenvalue weighted by Gasteiger charge is 2.42. The van der Waals surface area contributed by atoms with Crippen LogP contribution in [0.4, 0.5) is 14.5 Å². The Labute approximate surface area is 172 Å². The molecule has 0 spiro atoms. The van der Waals surface area contributed by atoms with Gasteiger partial charge in [0.15, 0.2) is 0 Å². The van der Waals surface area contributed by atoms with E-state index in [1.165, 1.54) is 35.9 Å². The molecule has 162 valence electrons. The average Bonchev–Trinajstić information content (AvgIpc) is 3.00. The Morgan fingerprint density at radius 3 is 2.47 bits per heavy atom. The standard InChI is InChI=1S/C21H24F2N2O5/c1-12-15(20-16(22)7-14(30-3)8-17(20)23)9-19(27)25(12)18-5-4-6-24(21(18)28)13(10-26)11-29-2/h4-8,12-13,15,26H,9-11H2,1-3H3. The normalized spacial score (nSPS) is 19.9. The van der Waals surface area contributed by atoms with Gasteiger partial charge in [-0.3, -0.25) is 9.59 Å². The number of aliphatic hydroxyl groups excluding tert-OH is 1. The number of anilines is 1. The van der Waals surface area contributed by atoms with Crippen molar-refractivity contribution >= 4 is 11.6 Å². The van der Waals surface area contributed by atoms with Crippen molar-refractivity contribution in [3.63, 3.8) is 0 Å². The first kappa shape index (κ1) is 21.9. The van der Waals surface area contributed by atoms with E-state index in [2.05, 4.69) is 0 Å². The van der Waals surface area contributed by atoms with Crippen LogP contribution >= 0.6 is 0 Å². The fourth-order valence-corrected chi connectivity index (χ4v) is 3.98. The summed E-state index contributed by atoms with van der Waals surface area (Å²) in [6, 6.07) is 3.93. The highest BCUT2D eigenvalue weighted by atomic mass is 19.1. The number of ether oxygens (including phenoxy) is 2. The molecule has 1 fully saturated rings. The number of carbonyl (C=O) groups excluding carboxylic acids is 1. The van der Waals surface area contributed by atoms with E-state index < -0.39 is 41.1 Å². The summed E-state index contributed by atoms with van der Waals surface area (Å²) in [5, 5.41) is 9.58. The number of carbonyl (C=O) groups is 1. The third-order valence-electron chi connectivity index (χ3n) is 5.49. The third-order valence-corrected chi connectivity index (χ3v) is 5.49. The van der Waals surface area contributed by atoms with E-state index in [4.69, 9.17) is 9.47 Å². The van der Waals surface area contributed by atoms with Crippen molar-refractivity contribution in [3.05, 3.63) is 58.0 Å². The number of aliphatic hydroxyl groups is 1. The van der Waals surface area contributed by atoms with E-state index in [0.717, 1.165) is 12.1 Å². The number of hydrogen-bond donors (Lipinski definition) is 1. The lowest BCUT2D eigenvalue weighted by Gasteiger charge is -2.26. The zero-order valence-corrected chi connectivity index (χ0v) is 17.0. The molecule has 1 aliphatic rings. The van der Waals surface area contributed by atoms with Gasteiger partial charge in [0.25, 0.3) is 5.56 Å². The van der Waals surface area contributed by atoms with E-state index in [1.807, 2.05) is 0 Å². The minimum absolute atomic E-state index is 0.0433. The Bertz CT molecular complexity index is 971. The predicted octanol–water partition coefficient (Wildman–Crippen LogP) is 2.22. The lowest BCUT2D eigenvalue weighted by molar-refractivity contribution is -0.117. The number of aromatic nitrogens is 1. The van der Waals surface area contributed by atoms with E-state index in [0.29, 0.717) is 0 Å². The molecule has 1 amide bonds. The van der Waals surface area contributed by atoms with Crippen LogP contribution in [0.25, 0.3) is 0 Å². The fourth-order valence-electron chi connectivity index (χ4n) is 3.98. The van der Waals surface area contributed by atoms with Gasteiger partial charge in [-0.1, -0.05) is 0 Å². The maximum absolute atomic E-state index is 14.6. The number of nitrogens with zero attached hydrogens (tertiary/aromatic N) is 2. The molecule has 1 saturated heterocycles. The zero-order chi connectivity index (χ0) is 22.0. The largest absolute Gasteiger partial charge is 0.497 e. The summed E-state index contributed by atoms with van der Waals surface area (Å²) >= 11 is 0. The molecule has 2 aromatic rings. The monoisotopic (exact) mass is 422 g/mol. The zero-order valence-electron chi connectivity index (χ0n) is 17.0. The van der Waals surface area contributed by atoms with Crippen molar-refractivity contribution in [3.8, 4) is 5.75 Å². The Hall–Kier alpha value is -2.78. The fraction of sp³-hybridized carbons (Fsp3) is 0.429. The van der Waals surface area contributed by atoms with E-state index in [-0.39, 0.29) is 36.6 Å². The highest BCUT2D eigenvalue weighted by molar-refractivity contribution is 5.97. The third kappa shape index (κ3) is 3.82. The van der Waals surface area contributed by atoms with Crippen molar-refractivity contribution in [2.24, 2.45) is 0 Å². The Balaban J connectivity index is 2.01. The second-order valence-corrected chi connectivity index (χ2v) is 7.22. The first-order chi connectivity index (χ1) is 14.3. The van der Waals surface area contributed by atoms with Crippen LogP contribution in [0.5, 0.6) is 5.75 Å². The predicted molar refractivity (Wildman–Crippen MR) is 106 cm³/mol. The molecule has 0 aliphatic carbocycles. The number of pyridine rings is 1. The van der Waals surface area contributed by atoms with Crippen LogP contribution in [0, 0.1) is 11.6 Å². The summed E-state index contributed by atoms with van der Waals surface area (Å²) in [4.78, 5) is 27.1. The van der Waals surface area contributed by atoms with Crippen LogP contribution in [-0.4, -0.2) is 49.1 Å². The van der Waals surface area contributed by atoms with Gasteiger partial charge in [-0.2, -0.15) is 0 Å². The minimum atomic E-state index is -0.802. The molecule has 3 atom stereocenters. The van der Waals surface area contributed by atoms with Crippen molar-refractivity contribution < 1.29 is 28.2 Å². The smallest absolute Gasteiger partial charge is 0.274 e. The summed E-state index contributed by atoms with van der Waals surface area (Å²) in [6.45, 7) is 1.42. The number of hydrogen-bond acceptors (Lipinski definition) is 5. The van der Waals surface area contributed by atoms with Crippen molar-refractivity contribution in [1.29, 1.82) is 0 Å². The molecule has 3 rings (SSSR count). The summed E-state index contributed by atoms with van der Waals surface area (Å²) in [6.07, 6.45) is 1.36. The molecular weight excluding hydrogens is 398 g/mol. The lowest BCUT2D eigenvalue weighted by Crippen LogP contribution is -2.39. The van der Waals surface area contributed by atoms with Crippen molar-refractivity contribution in [1.82, 2.24) is 4.57 Å². The number of halogens is 2. The van der Waals surface area contributed by atoms with Gasteiger partial charge in [-0.05, 0) is 19.1 Å². The van der Waals surface area contributed by atoms with Crippen LogP contribution in [0.3, 0.4) is 0 Å². The van der Waals surface area contributed by atoms with Gasteiger partial charge in [0.1, 0.15) is 23.1 Å². The van der Waals surface area contributed by atoms with Crippen LogP contribution in [0.15, 0.2) is 35.3 Å². The topological polar surface area (TPSA) is 81.0 Å². The lowest BCUT2D eigenvalue weighted by atomic mass is 9.91. The van der Waals surface area contributed by atoms with Crippen LogP contribution in [0.2, 0.25) is 0 Å². The number of benzene rings is 1. The molecular formula is C21H24F2N2O5. The molecule has 0 saturated carbocycles. The van der Waals surface area contributed by atoms with Crippen molar-refractivity contribution in [2.75, 3.05) is 32.3 Å². The van der Waals surface area contributed by atoms with Crippen LogP contribution in [-0.2, 0) is 9.53 Å². The van der Waals surface area contributed by atoms with E-state index >= 15 is 0 Å². The van der Waals surface area contributed by atoms with Gasteiger partial charge in [0.2, 0.25) is 5.91 Å². The average molecular weight is 422 g/mol. The number of rotatable bonds is 7. The Morgan fingerprint density at radius 1 is 1.23 bits per heavy atom. The quantitative estimate of drug-likeness (QED) is 0.740. The molecule has 0 radical (unpaired) electrons. The van der Waals surface area contributed by atoms with Gasteiger partial charge < -0.3 is 24.0 Å². The number of amides is 1. The first-order valence-electron chi connectivity index (χ1n) is 9.49. The molecule has 30 heavy (non-hydrogen) atoms. The first-order valence-corrected chi connectivity index (χ1v) is 9.49. The highest BCUT2D eigenvalue weighted by Crippen LogP contribution is 2.39. The molecule has 9 heteroatoms. The molecule has 1 N–H and O–H groups in total. The maximum Gasteiger partial charge on any atom is 0.274 e. The van der Waals surface area contributed by atoms with Crippen molar-refractivity contribution in [2.45, 2.75) is 31.3 Å². The summed E-state index contributed by atoms with van der Waals surface area (Å²) in [7, 11) is 2.76. The van der Waals surface area contributed by atoms with E-state index in [1.54, 1.807) is 13.0 Å². The molecule has 3 unspecified atom stereocenters.